The summed E-state index contributed by atoms with van der Waals surface area (Å²) >= 11 is 5.96. The Labute approximate surface area is 107 Å². The number of hydrogen-bond acceptors (Lipinski definition) is 2. The quantitative estimate of drug-likeness (QED) is 0.868. The largest absolute Gasteiger partial charge is 0.396 e. The van der Waals surface area contributed by atoms with Gasteiger partial charge in [0.25, 0.3) is 5.91 Å². The van der Waals surface area contributed by atoms with Gasteiger partial charge in [0.05, 0.1) is 0 Å². The van der Waals surface area contributed by atoms with Crippen molar-refractivity contribution in [3.05, 3.63) is 34.3 Å². The molecule has 0 aromatic heterocycles. The van der Waals surface area contributed by atoms with Crippen molar-refractivity contribution >= 4 is 17.5 Å². The molecule has 3 nitrogen and oxygen atoms in total. The number of halogens is 1. The Kier molecular flexibility index (Phi) is 4.97. The van der Waals surface area contributed by atoms with Crippen LogP contribution in [0.15, 0.2) is 18.2 Å². The standard InChI is InChI=1S/C13H18ClNO2/c1-8(7-16)10(3)15-13(17)11-5-4-6-12(14)9(11)2/h4-6,8,10,16H,7H2,1-3H3,(H,15,17). The van der Waals surface area contributed by atoms with Crippen LogP contribution in [0.25, 0.3) is 0 Å². The highest BCUT2D eigenvalue weighted by Crippen LogP contribution is 2.18. The first kappa shape index (κ1) is 14.0. The third kappa shape index (κ3) is 3.45. The van der Waals surface area contributed by atoms with E-state index in [0.29, 0.717) is 10.6 Å². The van der Waals surface area contributed by atoms with Crippen molar-refractivity contribution in [2.75, 3.05) is 6.61 Å². The van der Waals surface area contributed by atoms with Gasteiger partial charge in [0.2, 0.25) is 0 Å². The van der Waals surface area contributed by atoms with Crippen LogP contribution in [0.2, 0.25) is 5.02 Å². The molecule has 2 N–H and O–H groups in total. The van der Waals surface area contributed by atoms with Crippen molar-refractivity contribution in [3.63, 3.8) is 0 Å². The average Bonchev–Trinajstić information content (AvgIpc) is 2.31. The van der Waals surface area contributed by atoms with E-state index in [1.807, 2.05) is 20.8 Å². The van der Waals surface area contributed by atoms with Gasteiger partial charge < -0.3 is 10.4 Å². The van der Waals surface area contributed by atoms with E-state index in [2.05, 4.69) is 5.32 Å². The number of nitrogens with one attached hydrogen (secondary N) is 1. The van der Waals surface area contributed by atoms with Crippen LogP contribution in [0, 0.1) is 12.8 Å². The molecule has 0 fully saturated rings. The zero-order valence-electron chi connectivity index (χ0n) is 10.3. The monoisotopic (exact) mass is 255 g/mol. The van der Waals surface area contributed by atoms with Gasteiger partial charge in [-0.05, 0) is 37.5 Å². The van der Waals surface area contributed by atoms with E-state index < -0.39 is 0 Å². The third-order valence-electron chi connectivity index (χ3n) is 3.01. The van der Waals surface area contributed by atoms with Crippen LogP contribution >= 0.6 is 11.6 Å². The average molecular weight is 256 g/mol. The summed E-state index contributed by atoms with van der Waals surface area (Å²) in [4.78, 5) is 12.0. The third-order valence-corrected chi connectivity index (χ3v) is 3.42. The van der Waals surface area contributed by atoms with Crippen LogP contribution < -0.4 is 5.32 Å². The summed E-state index contributed by atoms with van der Waals surface area (Å²) in [7, 11) is 0. The molecule has 0 spiro atoms. The van der Waals surface area contributed by atoms with E-state index >= 15 is 0 Å². The number of carbonyl (C=O) groups excluding carboxylic acids is 1. The lowest BCUT2D eigenvalue weighted by molar-refractivity contribution is 0.0915. The van der Waals surface area contributed by atoms with Crippen LogP contribution in [0.4, 0.5) is 0 Å². The lowest BCUT2D eigenvalue weighted by atomic mass is 10.0. The van der Waals surface area contributed by atoms with Crippen LogP contribution in [-0.4, -0.2) is 23.7 Å². The van der Waals surface area contributed by atoms with E-state index in [1.165, 1.54) is 0 Å². The zero-order chi connectivity index (χ0) is 13.0. The molecule has 2 atom stereocenters. The highest BCUT2D eigenvalue weighted by Gasteiger charge is 2.16. The molecule has 0 heterocycles. The molecule has 0 radical (unpaired) electrons. The van der Waals surface area contributed by atoms with Crippen LogP contribution in [0.3, 0.4) is 0 Å². The van der Waals surface area contributed by atoms with Crippen molar-refractivity contribution in [2.45, 2.75) is 26.8 Å². The number of benzene rings is 1. The van der Waals surface area contributed by atoms with Gasteiger partial charge in [-0.25, -0.2) is 0 Å². The summed E-state index contributed by atoms with van der Waals surface area (Å²) in [6.07, 6.45) is 0. The summed E-state index contributed by atoms with van der Waals surface area (Å²) < 4.78 is 0. The lowest BCUT2D eigenvalue weighted by Crippen LogP contribution is -2.38. The maximum absolute atomic E-state index is 12.0. The van der Waals surface area contributed by atoms with Gasteiger partial charge in [0, 0.05) is 23.2 Å². The van der Waals surface area contributed by atoms with Crippen molar-refractivity contribution in [1.82, 2.24) is 5.32 Å². The van der Waals surface area contributed by atoms with Gasteiger partial charge in [0.15, 0.2) is 0 Å². The number of carbonyl (C=O) groups is 1. The number of rotatable bonds is 4. The smallest absolute Gasteiger partial charge is 0.251 e. The molecular formula is C13H18ClNO2. The van der Waals surface area contributed by atoms with Gasteiger partial charge in [-0.15, -0.1) is 0 Å². The highest BCUT2D eigenvalue weighted by atomic mass is 35.5. The fourth-order valence-electron chi connectivity index (χ4n) is 1.44. The number of hydrogen-bond donors (Lipinski definition) is 2. The summed E-state index contributed by atoms with van der Waals surface area (Å²) in [5.74, 6) is -0.128. The number of aliphatic hydroxyl groups is 1. The Morgan fingerprint density at radius 1 is 1.47 bits per heavy atom. The molecule has 1 aromatic carbocycles. The lowest BCUT2D eigenvalue weighted by Gasteiger charge is -2.20. The van der Waals surface area contributed by atoms with E-state index in [1.54, 1.807) is 18.2 Å². The molecule has 1 aromatic rings. The van der Waals surface area contributed by atoms with E-state index in [9.17, 15) is 4.79 Å². The molecule has 2 unspecified atom stereocenters. The van der Waals surface area contributed by atoms with E-state index in [0.717, 1.165) is 5.56 Å². The minimum absolute atomic E-state index is 0.0263. The molecule has 17 heavy (non-hydrogen) atoms. The van der Waals surface area contributed by atoms with Crippen molar-refractivity contribution in [1.29, 1.82) is 0 Å². The van der Waals surface area contributed by atoms with E-state index in [-0.39, 0.29) is 24.5 Å². The SMILES string of the molecule is Cc1c(Cl)cccc1C(=O)NC(C)C(C)CO. The predicted octanol–water partition coefficient (Wildman–Crippen LogP) is 2.40. The Balaban J connectivity index is 2.80. The highest BCUT2D eigenvalue weighted by molar-refractivity contribution is 6.31. The second-order valence-corrected chi connectivity index (χ2v) is 4.74. The predicted molar refractivity (Wildman–Crippen MR) is 69.4 cm³/mol. The van der Waals surface area contributed by atoms with Crippen molar-refractivity contribution in [3.8, 4) is 0 Å². The van der Waals surface area contributed by atoms with Crippen molar-refractivity contribution in [2.24, 2.45) is 5.92 Å². The first-order valence-corrected chi connectivity index (χ1v) is 6.02. The molecule has 4 heteroatoms. The topological polar surface area (TPSA) is 49.3 Å². The Morgan fingerprint density at radius 2 is 2.12 bits per heavy atom. The van der Waals surface area contributed by atoms with E-state index in [4.69, 9.17) is 16.7 Å². The summed E-state index contributed by atoms with van der Waals surface area (Å²) in [6, 6.07) is 5.18. The van der Waals surface area contributed by atoms with Crippen molar-refractivity contribution < 1.29 is 9.90 Å². The van der Waals surface area contributed by atoms with Gasteiger partial charge in [-0.2, -0.15) is 0 Å². The molecular weight excluding hydrogens is 238 g/mol. The molecule has 1 amide bonds. The molecule has 94 valence electrons. The zero-order valence-corrected chi connectivity index (χ0v) is 11.1. The van der Waals surface area contributed by atoms with Crippen LogP contribution in [0.1, 0.15) is 29.8 Å². The minimum Gasteiger partial charge on any atom is -0.396 e. The molecule has 0 aliphatic rings. The van der Waals surface area contributed by atoms with Crippen LogP contribution in [-0.2, 0) is 0 Å². The number of aliphatic hydroxyl groups excluding tert-OH is 1. The maximum atomic E-state index is 12.0. The maximum Gasteiger partial charge on any atom is 0.251 e. The fraction of sp³-hybridized carbons (Fsp3) is 0.462. The summed E-state index contributed by atoms with van der Waals surface area (Å²) in [6.45, 7) is 5.63. The number of amides is 1. The first-order valence-electron chi connectivity index (χ1n) is 5.64. The first-order chi connectivity index (χ1) is 7.97. The van der Waals surface area contributed by atoms with Gasteiger partial charge in [-0.3, -0.25) is 4.79 Å². The molecule has 0 bridgehead atoms. The Bertz CT molecular complexity index is 406. The Hall–Kier alpha value is -1.06. The van der Waals surface area contributed by atoms with Gasteiger partial charge in [0.1, 0.15) is 0 Å². The summed E-state index contributed by atoms with van der Waals surface area (Å²) in [5, 5.41) is 12.5. The molecule has 0 saturated heterocycles. The fourth-order valence-corrected chi connectivity index (χ4v) is 1.61. The van der Waals surface area contributed by atoms with Gasteiger partial charge in [-0.1, -0.05) is 24.6 Å². The Morgan fingerprint density at radius 3 is 2.71 bits per heavy atom. The molecule has 0 saturated carbocycles. The molecule has 1 rings (SSSR count). The summed E-state index contributed by atoms with van der Waals surface area (Å²) in [5.41, 5.74) is 1.35. The normalized spacial score (nSPS) is 14.2. The minimum atomic E-state index is -0.155. The molecule has 0 aliphatic carbocycles. The second kappa shape index (κ2) is 6.03. The molecule has 0 aliphatic heterocycles. The van der Waals surface area contributed by atoms with Crippen LogP contribution in [0.5, 0.6) is 0 Å². The van der Waals surface area contributed by atoms with Gasteiger partial charge >= 0.3 is 0 Å². The second-order valence-electron chi connectivity index (χ2n) is 4.33.